The number of aliphatic carboxylic acids is 1. The van der Waals surface area contributed by atoms with Crippen molar-refractivity contribution in [3.05, 3.63) is 54.1 Å². The lowest BCUT2D eigenvalue weighted by molar-refractivity contribution is -0.144. The number of carbonyl (C=O) groups excluding carboxylic acids is 2. The number of rotatable bonds is 8. The zero-order valence-corrected chi connectivity index (χ0v) is 20.9. The number of piperidine rings is 1. The number of benzene rings is 2. The number of likely N-dealkylation sites (tertiary alicyclic amines) is 1. The van der Waals surface area contributed by atoms with Crippen molar-refractivity contribution in [2.45, 2.75) is 57.4 Å². The van der Waals surface area contributed by atoms with E-state index in [1.165, 1.54) is 6.42 Å². The van der Waals surface area contributed by atoms with Crippen LogP contribution in [0, 0.1) is 11.8 Å². The highest BCUT2D eigenvalue weighted by Crippen LogP contribution is 2.28. The number of nitrogens with zero attached hydrogens (tertiary/aromatic N) is 1. The number of nitrogens with one attached hydrogen (secondary N) is 1. The van der Waals surface area contributed by atoms with Crippen molar-refractivity contribution < 1.29 is 24.2 Å². The van der Waals surface area contributed by atoms with Crippen molar-refractivity contribution in [3.8, 4) is 16.9 Å². The van der Waals surface area contributed by atoms with Gasteiger partial charge in [-0.2, -0.15) is 0 Å². The maximum Gasteiger partial charge on any atom is 0.326 e. The highest BCUT2D eigenvalue weighted by atomic mass is 16.5. The van der Waals surface area contributed by atoms with E-state index < -0.39 is 12.0 Å². The molecule has 0 spiro atoms. The molecule has 2 aliphatic rings. The smallest absolute Gasteiger partial charge is 0.326 e. The third kappa shape index (κ3) is 6.45. The summed E-state index contributed by atoms with van der Waals surface area (Å²) in [6, 6.07) is 14.4. The van der Waals surface area contributed by atoms with Crippen molar-refractivity contribution >= 4 is 17.8 Å². The minimum Gasteiger partial charge on any atom is -0.497 e. The van der Waals surface area contributed by atoms with Crippen molar-refractivity contribution in [2.75, 3.05) is 20.2 Å². The largest absolute Gasteiger partial charge is 0.497 e. The van der Waals surface area contributed by atoms with Gasteiger partial charge in [0, 0.05) is 25.4 Å². The molecule has 1 saturated heterocycles. The number of methoxy groups -OCH3 is 1. The summed E-state index contributed by atoms with van der Waals surface area (Å²) < 4.78 is 5.20. The Labute approximate surface area is 212 Å². The van der Waals surface area contributed by atoms with Gasteiger partial charge in [0.05, 0.1) is 13.0 Å². The van der Waals surface area contributed by atoms with E-state index in [2.05, 4.69) is 5.32 Å². The van der Waals surface area contributed by atoms with Gasteiger partial charge in [-0.25, -0.2) is 4.79 Å². The molecule has 192 valence electrons. The van der Waals surface area contributed by atoms with E-state index in [4.69, 9.17) is 4.74 Å². The molecule has 0 radical (unpaired) electrons. The molecule has 1 unspecified atom stereocenters. The van der Waals surface area contributed by atoms with E-state index in [1.807, 2.05) is 53.4 Å². The van der Waals surface area contributed by atoms with E-state index >= 15 is 0 Å². The minimum absolute atomic E-state index is 0.0771. The zero-order chi connectivity index (χ0) is 25.5. The summed E-state index contributed by atoms with van der Waals surface area (Å²) in [5.74, 6) is -0.681. The van der Waals surface area contributed by atoms with Crippen LogP contribution in [0.2, 0.25) is 0 Å². The standard InChI is InChI=1S/C29H36N2O5/c1-36-25-15-13-22(14-16-25)21-11-9-20(10-12-21)18-26(29(34)35)30-27(32)24-8-5-17-31(19-24)28(33)23-6-3-2-4-7-23/h9-16,23-24,26H,2-8,17-19H2,1H3,(H,30,32)(H,34,35)/t24?,26-/m0/s1. The van der Waals surface area contributed by atoms with Gasteiger partial charge in [-0.15, -0.1) is 0 Å². The molecule has 4 rings (SSSR count). The van der Waals surface area contributed by atoms with Crippen LogP contribution >= 0.6 is 0 Å². The first-order valence-corrected chi connectivity index (χ1v) is 13.0. The minimum atomic E-state index is -1.06. The molecule has 2 fully saturated rings. The third-order valence-corrected chi connectivity index (χ3v) is 7.49. The van der Waals surface area contributed by atoms with Gasteiger partial charge in [-0.3, -0.25) is 9.59 Å². The van der Waals surface area contributed by atoms with Gasteiger partial charge in [0.25, 0.3) is 0 Å². The second-order valence-corrected chi connectivity index (χ2v) is 9.99. The summed E-state index contributed by atoms with van der Waals surface area (Å²) >= 11 is 0. The Balaban J connectivity index is 1.35. The average Bonchev–Trinajstić information content (AvgIpc) is 2.93. The number of ether oxygens (including phenoxy) is 1. The first-order valence-electron chi connectivity index (χ1n) is 13.0. The number of carboxylic acid groups (broad SMARTS) is 1. The fourth-order valence-corrected chi connectivity index (χ4v) is 5.34. The maximum absolute atomic E-state index is 13.0. The second-order valence-electron chi connectivity index (χ2n) is 9.99. The zero-order valence-electron chi connectivity index (χ0n) is 20.9. The van der Waals surface area contributed by atoms with Crippen molar-refractivity contribution in [2.24, 2.45) is 11.8 Å². The quantitative estimate of drug-likeness (QED) is 0.573. The Morgan fingerprint density at radius 1 is 0.917 bits per heavy atom. The lowest BCUT2D eigenvalue weighted by Crippen LogP contribution is -2.51. The predicted octanol–water partition coefficient (Wildman–Crippen LogP) is 4.29. The van der Waals surface area contributed by atoms with Gasteiger partial charge >= 0.3 is 5.97 Å². The molecule has 2 amide bonds. The van der Waals surface area contributed by atoms with Crippen molar-refractivity contribution in [3.63, 3.8) is 0 Å². The van der Waals surface area contributed by atoms with Gasteiger partial charge in [0.2, 0.25) is 11.8 Å². The molecule has 1 saturated carbocycles. The van der Waals surface area contributed by atoms with Crippen LogP contribution in [0.3, 0.4) is 0 Å². The van der Waals surface area contributed by atoms with Crippen molar-refractivity contribution in [1.29, 1.82) is 0 Å². The van der Waals surface area contributed by atoms with Crippen LogP contribution in [-0.2, 0) is 20.8 Å². The Hall–Kier alpha value is -3.35. The van der Waals surface area contributed by atoms with Crippen LogP contribution < -0.4 is 10.1 Å². The second kappa shape index (κ2) is 12.1. The van der Waals surface area contributed by atoms with E-state index in [0.717, 1.165) is 54.5 Å². The molecule has 7 nitrogen and oxygen atoms in total. The van der Waals surface area contributed by atoms with Crippen LogP contribution in [0.4, 0.5) is 0 Å². The number of amides is 2. The number of hydrogen-bond donors (Lipinski definition) is 2. The Morgan fingerprint density at radius 2 is 1.53 bits per heavy atom. The summed E-state index contributed by atoms with van der Waals surface area (Å²) in [5.41, 5.74) is 2.88. The molecule has 1 aliphatic carbocycles. The number of carboxylic acids is 1. The van der Waals surface area contributed by atoms with Crippen LogP contribution in [0.5, 0.6) is 5.75 Å². The van der Waals surface area contributed by atoms with E-state index in [9.17, 15) is 19.5 Å². The molecule has 2 aromatic rings. The topological polar surface area (TPSA) is 95.9 Å². The molecule has 0 bridgehead atoms. The summed E-state index contributed by atoms with van der Waals surface area (Å²) in [6.45, 7) is 1.06. The highest BCUT2D eigenvalue weighted by molar-refractivity contribution is 5.86. The van der Waals surface area contributed by atoms with Gasteiger partial charge in [-0.05, 0) is 54.5 Å². The summed E-state index contributed by atoms with van der Waals surface area (Å²) in [6.07, 6.45) is 6.88. The van der Waals surface area contributed by atoms with Crippen LogP contribution in [0.1, 0.15) is 50.5 Å². The lowest BCUT2D eigenvalue weighted by Gasteiger charge is -2.35. The Kier molecular flexibility index (Phi) is 8.62. The van der Waals surface area contributed by atoms with Crippen molar-refractivity contribution in [1.82, 2.24) is 10.2 Å². The van der Waals surface area contributed by atoms with Crippen LogP contribution in [-0.4, -0.2) is 54.0 Å². The molecule has 7 heteroatoms. The average molecular weight is 493 g/mol. The molecule has 36 heavy (non-hydrogen) atoms. The number of hydrogen-bond acceptors (Lipinski definition) is 4. The van der Waals surface area contributed by atoms with Crippen LogP contribution in [0.25, 0.3) is 11.1 Å². The molecule has 1 heterocycles. The third-order valence-electron chi connectivity index (χ3n) is 7.49. The molecule has 2 atom stereocenters. The summed E-state index contributed by atoms with van der Waals surface area (Å²) in [7, 11) is 1.63. The van der Waals surface area contributed by atoms with Gasteiger partial charge < -0.3 is 20.1 Å². The first kappa shape index (κ1) is 25.7. The lowest BCUT2D eigenvalue weighted by atomic mass is 9.87. The molecular weight excluding hydrogens is 456 g/mol. The van der Waals surface area contributed by atoms with Crippen LogP contribution in [0.15, 0.2) is 48.5 Å². The molecule has 2 N–H and O–H groups in total. The van der Waals surface area contributed by atoms with Gasteiger partial charge in [0.15, 0.2) is 0 Å². The maximum atomic E-state index is 13.0. The fourth-order valence-electron chi connectivity index (χ4n) is 5.34. The summed E-state index contributed by atoms with van der Waals surface area (Å²) in [5, 5.41) is 12.5. The molecule has 0 aromatic heterocycles. The predicted molar refractivity (Wildman–Crippen MR) is 138 cm³/mol. The first-order chi connectivity index (χ1) is 17.4. The van der Waals surface area contributed by atoms with E-state index in [0.29, 0.717) is 19.5 Å². The van der Waals surface area contributed by atoms with E-state index in [1.54, 1.807) is 7.11 Å². The normalized spacial score (nSPS) is 19.4. The van der Waals surface area contributed by atoms with E-state index in [-0.39, 0.29) is 30.1 Å². The SMILES string of the molecule is COc1ccc(-c2ccc(C[C@H](NC(=O)C3CCCN(C(=O)C4CCCCC4)C3)C(=O)O)cc2)cc1. The molecule has 2 aromatic carbocycles. The molecule has 1 aliphatic heterocycles. The molecular formula is C29H36N2O5. The van der Waals surface area contributed by atoms with Gasteiger partial charge in [-0.1, -0.05) is 55.7 Å². The Morgan fingerprint density at radius 3 is 2.14 bits per heavy atom. The summed E-state index contributed by atoms with van der Waals surface area (Å²) in [4.78, 5) is 39.8. The fraction of sp³-hybridized carbons (Fsp3) is 0.483. The monoisotopic (exact) mass is 492 g/mol. The number of carbonyl (C=O) groups is 3. The van der Waals surface area contributed by atoms with Gasteiger partial charge in [0.1, 0.15) is 11.8 Å². The highest BCUT2D eigenvalue weighted by Gasteiger charge is 2.33. The Bertz CT molecular complexity index is 1040.